The molecular weight excluding hydrogens is 350 g/mol. The van der Waals surface area contributed by atoms with Crippen molar-refractivity contribution >= 4 is 39.2 Å². The molecule has 1 N–H and O–H groups in total. The Morgan fingerprint density at radius 3 is 2.54 bits per heavy atom. The third-order valence-electron chi connectivity index (χ3n) is 3.74. The summed E-state index contributed by atoms with van der Waals surface area (Å²) in [6.07, 6.45) is 0.563. The molecule has 1 aliphatic heterocycles. The Labute approximate surface area is 146 Å². The van der Waals surface area contributed by atoms with Crippen LogP contribution in [0.4, 0.5) is 5.69 Å². The van der Waals surface area contributed by atoms with Crippen LogP contribution in [0.2, 0.25) is 0 Å². The van der Waals surface area contributed by atoms with Crippen molar-refractivity contribution in [1.29, 1.82) is 0 Å². The van der Waals surface area contributed by atoms with E-state index in [1.165, 1.54) is 11.8 Å². The summed E-state index contributed by atoms with van der Waals surface area (Å²) in [5.41, 5.74) is 2.60. The molecule has 132 valence electrons. The number of sulfone groups is 1. The van der Waals surface area contributed by atoms with Crippen LogP contribution < -0.4 is 5.32 Å². The fourth-order valence-electron chi connectivity index (χ4n) is 2.45. The summed E-state index contributed by atoms with van der Waals surface area (Å²) in [5.74, 6) is -0.567. The van der Waals surface area contributed by atoms with Gasteiger partial charge in [0.15, 0.2) is 16.4 Å². The number of esters is 1. The molecule has 0 bridgehead atoms. The lowest BCUT2D eigenvalue weighted by molar-refractivity contribution is -0.144. The van der Waals surface area contributed by atoms with Gasteiger partial charge in [0.05, 0.1) is 17.3 Å². The third kappa shape index (κ3) is 5.52. The van der Waals surface area contributed by atoms with Crippen molar-refractivity contribution in [1.82, 2.24) is 0 Å². The Balaban J connectivity index is 1.73. The molecule has 1 aromatic rings. The number of rotatable bonds is 6. The number of benzene rings is 1. The fraction of sp³-hybridized carbons (Fsp3) is 0.500. The number of amides is 1. The summed E-state index contributed by atoms with van der Waals surface area (Å²) >= 11 is 1.27. The average Bonchev–Trinajstić information content (AvgIpc) is 2.86. The second-order valence-corrected chi connectivity index (χ2v) is 9.33. The van der Waals surface area contributed by atoms with E-state index in [-0.39, 0.29) is 29.1 Å². The smallest absolute Gasteiger partial charge is 0.316 e. The van der Waals surface area contributed by atoms with Crippen LogP contribution in [0.3, 0.4) is 0 Å². The zero-order valence-electron chi connectivity index (χ0n) is 13.7. The van der Waals surface area contributed by atoms with Gasteiger partial charge in [-0.25, -0.2) is 8.42 Å². The molecule has 1 saturated heterocycles. The molecule has 6 nitrogen and oxygen atoms in total. The first-order valence-electron chi connectivity index (χ1n) is 7.60. The molecule has 24 heavy (non-hydrogen) atoms. The minimum absolute atomic E-state index is 0.0524. The first kappa shape index (κ1) is 18.8. The van der Waals surface area contributed by atoms with Crippen molar-refractivity contribution in [3.05, 3.63) is 29.3 Å². The number of carbonyl (C=O) groups is 2. The van der Waals surface area contributed by atoms with Gasteiger partial charge in [-0.05, 0) is 31.4 Å². The highest BCUT2D eigenvalue weighted by molar-refractivity contribution is 8.02. The van der Waals surface area contributed by atoms with Crippen molar-refractivity contribution in [2.45, 2.75) is 25.5 Å². The van der Waals surface area contributed by atoms with E-state index in [9.17, 15) is 18.0 Å². The van der Waals surface area contributed by atoms with Gasteiger partial charge in [-0.3, -0.25) is 9.59 Å². The van der Waals surface area contributed by atoms with Gasteiger partial charge in [0.1, 0.15) is 0 Å². The Morgan fingerprint density at radius 2 is 1.96 bits per heavy atom. The number of para-hydroxylation sites is 1. The van der Waals surface area contributed by atoms with E-state index >= 15 is 0 Å². The highest BCUT2D eigenvalue weighted by atomic mass is 32.2. The van der Waals surface area contributed by atoms with E-state index in [1.807, 2.05) is 32.0 Å². The van der Waals surface area contributed by atoms with Gasteiger partial charge in [0.2, 0.25) is 0 Å². The largest absolute Gasteiger partial charge is 0.455 e. The lowest BCUT2D eigenvalue weighted by atomic mass is 10.1. The van der Waals surface area contributed by atoms with Crippen LogP contribution in [-0.4, -0.2) is 49.4 Å². The van der Waals surface area contributed by atoms with Crippen LogP contribution >= 0.6 is 11.8 Å². The minimum atomic E-state index is -2.95. The first-order valence-corrected chi connectivity index (χ1v) is 10.5. The maximum absolute atomic E-state index is 11.9. The van der Waals surface area contributed by atoms with E-state index in [0.717, 1.165) is 16.8 Å². The Kier molecular flexibility index (Phi) is 6.28. The zero-order valence-corrected chi connectivity index (χ0v) is 15.3. The summed E-state index contributed by atoms with van der Waals surface area (Å²) in [6.45, 7) is 3.43. The van der Waals surface area contributed by atoms with E-state index in [0.29, 0.717) is 6.42 Å². The van der Waals surface area contributed by atoms with E-state index in [2.05, 4.69) is 5.32 Å². The predicted octanol–water partition coefficient (Wildman–Crippen LogP) is 1.71. The molecule has 1 aromatic carbocycles. The van der Waals surface area contributed by atoms with Crippen LogP contribution in [0, 0.1) is 13.8 Å². The molecule has 0 saturated carbocycles. The van der Waals surface area contributed by atoms with Crippen molar-refractivity contribution in [2.24, 2.45) is 0 Å². The normalized spacial score (nSPS) is 19.0. The number of carbonyl (C=O) groups excluding carboxylic acids is 2. The zero-order chi connectivity index (χ0) is 17.7. The molecule has 0 spiro atoms. The molecule has 1 atom stereocenters. The molecule has 1 heterocycles. The van der Waals surface area contributed by atoms with Gasteiger partial charge >= 0.3 is 5.97 Å². The predicted molar refractivity (Wildman–Crippen MR) is 95.0 cm³/mol. The molecule has 0 aliphatic carbocycles. The van der Waals surface area contributed by atoms with Crippen molar-refractivity contribution in [2.75, 3.05) is 29.2 Å². The van der Waals surface area contributed by atoms with Gasteiger partial charge in [0.25, 0.3) is 5.91 Å². The maximum Gasteiger partial charge on any atom is 0.316 e. The highest BCUT2D eigenvalue weighted by Gasteiger charge is 2.28. The molecule has 1 aliphatic rings. The maximum atomic E-state index is 11.9. The highest BCUT2D eigenvalue weighted by Crippen LogP contribution is 2.24. The number of ether oxygens (including phenoxy) is 1. The van der Waals surface area contributed by atoms with Crippen molar-refractivity contribution in [3.63, 3.8) is 0 Å². The number of anilines is 1. The second-order valence-electron chi connectivity index (χ2n) is 5.81. The van der Waals surface area contributed by atoms with E-state index in [4.69, 9.17) is 4.74 Å². The Hall–Kier alpha value is -1.54. The quantitative estimate of drug-likeness (QED) is 0.766. The van der Waals surface area contributed by atoms with Gasteiger partial charge in [-0.1, -0.05) is 18.2 Å². The van der Waals surface area contributed by atoms with Gasteiger partial charge in [-0.2, -0.15) is 0 Å². The number of aryl methyl sites for hydroxylation is 2. The first-order chi connectivity index (χ1) is 11.3. The van der Waals surface area contributed by atoms with Crippen LogP contribution in [0.1, 0.15) is 17.5 Å². The number of hydrogen-bond acceptors (Lipinski definition) is 6. The molecule has 1 fully saturated rings. The Bertz CT molecular complexity index is 710. The molecule has 0 unspecified atom stereocenters. The second kappa shape index (κ2) is 8.02. The summed E-state index contributed by atoms with van der Waals surface area (Å²) in [5, 5.41) is 2.68. The third-order valence-corrected chi connectivity index (χ3v) is 6.99. The summed E-state index contributed by atoms with van der Waals surface area (Å²) < 4.78 is 27.6. The average molecular weight is 371 g/mol. The van der Waals surface area contributed by atoms with Crippen molar-refractivity contribution in [3.8, 4) is 0 Å². The molecule has 1 amide bonds. The number of nitrogens with one attached hydrogen (secondary N) is 1. The Morgan fingerprint density at radius 1 is 1.29 bits per heavy atom. The monoisotopic (exact) mass is 371 g/mol. The van der Waals surface area contributed by atoms with E-state index in [1.54, 1.807) is 0 Å². The molecule has 2 rings (SSSR count). The van der Waals surface area contributed by atoms with Crippen LogP contribution in [0.15, 0.2) is 18.2 Å². The van der Waals surface area contributed by atoms with Crippen molar-refractivity contribution < 1.29 is 22.7 Å². The minimum Gasteiger partial charge on any atom is -0.455 e. The molecule has 0 radical (unpaired) electrons. The molecule has 0 aromatic heterocycles. The lowest BCUT2D eigenvalue weighted by Crippen LogP contribution is -2.23. The molecular formula is C16H21NO5S2. The van der Waals surface area contributed by atoms with Crippen LogP contribution in [-0.2, 0) is 24.2 Å². The van der Waals surface area contributed by atoms with Crippen LogP contribution in [0.5, 0.6) is 0 Å². The van der Waals surface area contributed by atoms with Gasteiger partial charge < -0.3 is 10.1 Å². The topological polar surface area (TPSA) is 89.5 Å². The summed E-state index contributed by atoms with van der Waals surface area (Å²) in [6, 6.07) is 5.68. The van der Waals surface area contributed by atoms with Crippen LogP contribution in [0.25, 0.3) is 0 Å². The van der Waals surface area contributed by atoms with Gasteiger partial charge in [0, 0.05) is 10.9 Å². The van der Waals surface area contributed by atoms with Gasteiger partial charge in [-0.15, -0.1) is 11.8 Å². The standard InChI is InChI=1S/C16H21NO5S2/c1-11-4-3-5-12(2)16(11)17-14(18)8-22-15(19)9-23-13-6-7-24(20,21)10-13/h3-5,13H,6-10H2,1-2H3,(H,17,18)/t13-/m1/s1. The SMILES string of the molecule is Cc1cccc(C)c1NC(=O)COC(=O)CS[C@@H]1CCS(=O)(=O)C1. The number of thioether (sulfide) groups is 1. The van der Waals surface area contributed by atoms with E-state index < -0.39 is 21.7 Å². The summed E-state index contributed by atoms with van der Waals surface area (Å²) in [7, 11) is -2.95. The number of hydrogen-bond donors (Lipinski definition) is 1. The fourth-order valence-corrected chi connectivity index (χ4v) is 5.89. The lowest BCUT2D eigenvalue weighted by Gasteiger charge is -2.12. The molecule has 8 heteroatoms. The summed E-state index contributed by atoms with van der Waals surface area (Å²) in [4.78, 5) is 23.6.